The third-order valence-corrected chi connectivity index (χ3v) is 2.79. The molecule has 20 heavy (non-hydrogen) atoms. The van der Waals surface area contributed by atoms with Crippen LogP contribution in [-0.2, 0) is 6.61 Å². The van der Waals surface area contributed by atoms with Crippen LogP contribution in [0.3, 0.4) is 0 Å². The Morgan fingerprint density at radius 2 is 1.70 bits per heavy atom. The lowest BCUT2D eigenvalue weighted by Gasteiger charge is -2.13. The number of ether oxygens (including phenoxy) is 3. The van der Waals surface area contributed by atoms with Crippen LogP contribution in [0.5, 0.6) is 17.2 Å². The molecule has 0 atom stereocenters. The molecule has 5 nitrogen and oxygen atoms in total. The van der Waals surface area contributed by atoms with Crippen LogP contribution in [-0.4, -0.2) is 25.5 Å². The van der Waals surface area contributed by atoms with Crippen molar-refractivity contribution in [2.24, 2.45) is 0 Å². The molecule has 0 saturated carbocycles. The molecule has 0 bridgehead atoms. The number of rotatable bonds is 6. The van der Waals surface area contributed by atoms with Crippen molar-refractivity contribution in [1.82, 2.24) is 4.98 Å². The SMILES string of the molecule is COc1cc(C=O)c(OCc2ccncc2)cc1OC. The number of hydrogen-bond acceptors (Lipinski definition) is 5. The monoisotopic (exact) mass is 273 g/mol. The topological polar surface area (TPSA) is 57.7 Å². The van der Waals surface area contributed by atoms with Crippen LogP contribution < -0.4 is 14.2 Å². The van der Waals surface area contributed by atoms with Gasteiger partial charge in [0, 0.05) is 18.5 Å². The molecule has 0 aliphatic heterocycles. The van der Waals surface area contributed by atoms with E-state index in [0.717, 1.165) is 11.8 Å². The Kier molecular flexibility index (Phi) is 4.55. The summed E-state index contributed by atoms with van der Waals surface area (Å²) in [5.41, 5.74) is 1.38. The first-order valence-corrected chi connectivity index (χ1v) is 6.01. The Balaban J connectivity index is 2.24. The molecule has 0 N–H and O–H groups in total. The van der Waals surface area contributed by atoms with Gasteiger partial charge in [0.2, 0.25) is 0 Å². The maximum absolute atomic E-state index is 11.1. The maximum atomic E-state index is 11.1. The lowest BCUT2D eigenvalue weighted by molar-refractivity contribution is 0.111. The fourth-order valence-corrected chi connectivity index (χ4v) is 1.73. The lowest BCUT2D eigenvalue weighted by atomic mass is 10.2. The van der Waals surface area contributed by atoms with E-state index in [0.29, 0.717) is 29.4 Å². The summed E-state index contributed by atoms with van der Waals surface area (Å²) in [5, 5.41) is 0. The highest BCUT2D eigenvalue weighted by Gasteiger charge is 2.12. The predicted octanol–water partition coefficient (Wildman–Crippen LogP) is 2.49. The minimum atomic E-state index is 0.346. The van der Waals surface area contributed by atoms with Crippen LogP contribution in [0, 0.1) is 0 Å². The van der Waals surface area contributed by atoms with Crippen LogP contribution >= 0.6 is 0 Å². The van der Waals surface area contributed by atoms with E-state index in [2.05, 4.69) is 4.98 Å². The summed E-state index contributed by atoms with van der Waals surface area (Å²) in [6, 6.07) is 6.93. The molecule has 2 rings (SSSR count). The first-order chi connectivity index (χ1) is 9.78. The summed E-state index contributed by atoms with van der Waals surface area (Å²) in [6.45, 7) is 0.346. The predicted molar refractivity (Wildman–Crippen MR) is 73.5 cm³/mol. The van der Waals surface area contributed by atoms with Crippen molar-refractivity contribution in [3.05, 3.63) is 47.8 Å². The molecule has 1 aromatic carbocycles. The highest BCUT2D eigenvalue weighted by atomic mass is 16.5. The summed E-state index contributed by atoms with van der Waals surface area (Å²) >= 11 is 0. The number of benzene rings is 1. The van der Waals surface area contributed by atoms with E-state index in [-0.39, 0.29) is 0 Å². The van der Waals surface area contributed by atoms with E-state index in [9.17, 15) is 4.79 Å². The number of nitrogens with zero attached hydrogens (tertiary/aromatic N) is 1. The van der Waals surface area contributed by atoms with Crippen LogP contribution in [0.2, 0.25) is 0 Å². The Hall–Kier alpha value is -2.56. The van der Waals surface area contributed by atoms with Gasteiger partial charge >= 0.3 is 0 Å². The van der Waals surface area contributed by atoms with Gasteiger partial charge < -0.3 is 14.2 Å². The molecule has 0 aliphatic rings. The van der Waals surface area contributed by atoms with Crippen molar-refractivity contribution in [2.75, 3.05) is 14.2 Å². The van der Waals surface area contributed by atoms with E-state index in [1.807, 2.05) is 12.1 Å². The molecule has 0 aliphatic carbocycles. The summed E-state index contributed by atoms with van der Waals surface area (Å²) in [4.78, 5) is 15.1. The largest absolute Gasteiger partial charge is 0.493 e. The van der Waals surface area contributed by atoms with Gasteiger partial charge in [0.05, 0.1) is 19.8 Å². The second kappa shape index (κ2) is 6.56. The zero-order valence-corrected chi connectivity index (χ0v) is 11.3. The number of pyridine rings is 1. The third-order valence-electron chi connectivity index (χ3n) is 2.79. The van der Waals surface area contributed by atoms with Crippen molar-refractivity contribution in [3.63, 3.8) is 0 Å². The van der Waals surface area contributed by atoms with Gasteiger partial charge in [-0.3, -0.25) is 9.78 Å². The van der Waals surface area contributed by atoms with E-state index in [1.54, 1.807) is 24.5 Å². The molecule has 0 unspecified atom stereocenters. The molecular weight excluding hydrogens is 258 g/mol. The molecule has 1 aromatic heterocycles. The Bertz CT molecular complexity index is 584. The van der Waals surface area contributed by atoms with Gasteiger partial charge in [0.15, 0.2) is 17.8 Å². The highest BCUT2D eigenvalue weighted by Crippen LogP contribution is 2.34. The molecule has 1 heterocycles. The minimum Gasteiger partial charge on any atom is -0.493 e. The van der Waals surface area contributed by atoms with E-state index in [1.165, 1.54) is 14.2 Å². The zero-order chi connectivity index (χ0) is 14.4. The van der Waals surface area contributed by atoms with Gasteiger partial charge in [-0.25, -0.2) is 0 Å². The summed E-state index contributed by atoms with van der Waals surface area (Å²) in [5.74, 6) is 1.46. The molecule has 5 heteroatoms. The van der Waals surface area contributed by atoms with Gasteiger partial charge in [-0.05, 0) is 23.8 Å². The van der Waals surface area contributed by atoms with Gasteiger partial charge in [0.25, 0.3) is 0 Å². The number of carbonyl (C=O) groups is 1. The molecule has 2 aromatic rings. The van der Waals surface area contributed by atoms with E-state index < -0.39 is 0 Å². The van der Waals surface area contributed by atoms with Gasteiger partial charge in [-0.15, -0.1) is 0 Å². The molecule has 0 saturated heterocycles. The fraction of sp³-hybridized carbons (Fsp3) is 0.200. The first kappa shape index (κ1) is 13.9. The lowest BCUT2D eigenvalue weighted by Crippen LogP contribution is -2.00. The van der Waals surface area contributed by atoms with Crippen LogP contribution in [0.15, 0.2) is 36.7 Å². The van der Waals surface area contributed by atoms with Crippen LogP contribution in [0.1, 0.15) is 15.9 Å². The number of carbonyl (C=O) groups excluding carboxylic acids is 1. The molecular formula is C15H15NO4. The van der Waals surface area contributed by atoms with Gasteiger partial charge in [0.1, 0.15) is 12.4 Å². The van der Waals surface area contributed by atoms with Crippen molar-refractivity contribution >= 4 is 6.29 Å². The number of hydrogen-bond donors (Lipinski definition) is 0. The van der Waals surface area contributed by atoms with E-state index in [4.69, 9.17) is 14.2 Å². The third kappa shape index (κ3) is 3.06. The summed E-state index contributed by atoms with van der Waals surface area (Å²) in [6.07, 6.45) is 4.10. The molecule has 0 spiro atoms. The summed E-state index contributed by atoms with van der Waals surface area (Å²) < 4.78 is 16.0. The van der Waals surface area contributed by atoms with E-state index >= 15 is 0 Å². The number of methoxy groups -OCH3 is 2. The maximum Gasteiger partial charge on any atom is 0.164 e. The normalized spacial score (nSPS) is 9.90. The van der Waals surface area contributed by atoms with Crippen molar-refractivity contribution < 1.29 is 19.0 Å². The second-order valence-corrected chi connectivity index (χ2v) is 4.01. The number of aromatic nitrogens is 1. The van der Waals surface area contributed by atoms with Gasteiger partial charge in [-0.2, -0.15) is 0 Å². The average Bonchev–Trinajstić information content (AvgIpc) is 2.52. The van der Waals surface area contributed by atoms with Crippen molar-refractivity contribution in [3.8, 4) is 17.2 Å². The Morgan fingerprint density at radius 1 is 1.05 bits per heavy atom. The highest BCUT2D eigenvalue weighted by molar-refractivity contribution is 5.81. The number of aldehydes is 1. The quantitative estimate of drug-likeness (QED) is 0.757. The van der Waals surface area contributed by atoms with Crippen LogP contribution in [0.4, 0.5) is 0 Å². The molecule has 0 radical (unpaired) electrons. The minimum absolute atomic E-state index is 0.346. The van der Waals surface area contributed by atoms with Gasteiger partial charge in [-0.1, -0.05) is 0 Å². The molecule has 0 amide bonds. The fourth-order valence-electron chi connectivity index (χ4n) is 1.73. The standard InChI is InChI=1S/C15H15NO4/c1-18-14-7-12(9-17)13(8-15(14)19-2)20-10-11-3-5-16-6-4-11/h3-9H,10H2,1-2H3. The first-order valence-electron chi connectivity index (χ1n) is 6.01. The smallest absolute Gasteiger partial charge is 0.164 e. The average molecular weight is 273 g/mol. The van der Waals surface area contributed by atoms with Crippen molar-refractivity contribution in [2.45, 2.75) is 6.61 Å². The Labute approximate surface area is 117 Å². The molecule has 104 valence electrons. The summed E-state index contributed by atoms with van der Waals surface area (Å²) in [7, 11) is 3.05. The zero-order valence-electron chi connectivity index (χ0n) is 11.3. The van der Waals surface area contributed by atoms with Crippen LogP contribution in [0.25, 0.3) is 0 Å². The molecule has 0 fully saturated rings. The van der Waals surface area contributed by atoms with Crippen molar-refractivity contribution in [1.29, 1.82) is 0 Å². The second-order valence-electron chi connectivity index (χ2n) is 4.01. The Morgan fingerprint density at radius 3 is 2.30 bits per heavy atom.